The highest BCUT2D eigenvalue weighted by atomic mass is 32.1. The second-order valence-corrected chi connectivity index (χ2v) is 6.33. The summed E-state index contributed by atoms with van der Waals surface area (Å²) in [5, 5.41) is 7.77. The third-order valence-electron chi connectivity index (χ3n) is 3.47. The number of benzene rings is 2. The van der Waals surface area contributed by atoms with E-state index in [0.29, 0.717) is 22.1 Å². The number of anilines is 2. The van der Waals surface area contributed by atoms with Crippen molar-refractivity contribution in [1.82, 2.24) is 4.98 Å². The summed E-state index contributed by atoms with van der Waals surface area (Å²) in [5.74, 6) is 0.0303. The van der Waals surface area contributed by atoms with Crippen LogP contribution in [-0.2, 0) is 4.79 Å². The summed E-state index contributed by atoms with van der Waals surface area (Å²) >= 11 is 1.34. The van der Waals surface area contributed by atoms with Gasteiger partial charge in [0.2, 0.25) is 0 Å². The molecule has 2 aromatic carbocycles. The Bertz CT molecular complexity index is 882. The normalized spacial score (nSPS) is 11.4. The van der Waals surface area contributed by atoms with Crippen molar-refractivity contribution in [3.63, 3.8) is 0 Å². The van der Waals surface area contributed by atoms with Gasteiger partial charge in [0.15, 0.2) is 11.2 Å². The molecular weight excluding hydrogens is 350 g/mol. The van der Waals surface area contributed by atoms with Gasteiger partial charge in [-0.05, 0) is 37.3 Å². The quantitative estimate of drug-likeness (QED) is 0.694. The van der Waals surface area contributed by atoms with E-state index < -0.39 is 6.10 Å². The number of para-hydroxylation sites is 1. The number of hydrogen-bond acceptors (Lipinski definition) is 5. The van der Waals surface area contributed by atoms with E-state index in [9.17, 15) is 9.59 Å². The molecule has 1 atom stereocenters. The van der Waals surface area contributed by atoms with E-state index in [-0.39, 0.29) is 11.8 Å². The van der Waals surface area contributed by atoms with Crippen LogP contribution in [0.3, 0.4) is 0 Å². The molecule has 132 valence electrons. The number of aromatic nitrogens is 1. The Morgan fingerprint density at radius 1 is 1.08 bits per heavy atom. The molecule has 0 bridgehead atoms. The summed E-state index contributed by atoms with van der Waals surface area (Å²) in [5.41, 5.74) is 0.944. The summed E-state index contributed by atoms with van der Waals surface area (Å²) in [6, 6.07) is 15.8. The fourth-order valence-corrected chi connectivity index (χ4v) is 2.72. The van der Waals surface area contributed by atoms with Crippen LogP contribution in [0.5, 0.6) is 5.75 Å². The van der Waals surface area contributed by atoms with Crippen LogP contribution in [0, 0.1) is 0 Å². The van der Waals surface area contributed by atoms with Gasteiger partial charge in [-0.3, -0.25) is 14.9 Å². The van der Waals surface area contributed by atoms with Crippen LogP contribution in [0.4, 0.5) is 10.8 Å². The van der Waals surface area contributed by atoms with Gasteiger partial charge in [-0.1, -0.05) is 24.3 Å². The van der Waals surface area contributed by atoms with Crippen LogP contribution in [0.1, 0.15) is 17.3 Å². The van der Waals surface area contributed by atoms with Crippen molar-refractivity contribution in [2.75, 3.05) is 10.6 Å². The molecule has 7 heteroatoms. The summed E-state index contributed by atoms with van der Waals surface area (Å²) in [6.45, 7) is 1.67. The standard InChI is InChI=1S/C19H17N3O3S/c1-13(25-16-8-3-2-4-9-16)17(23)21-15-7-5-6-14(12-15)18(24)22-19-20-10-11-26-19/h2-13H,1H3,(H,21,23)(H,20,22,24)/t13-/m0/s1. The lowest BCUT2D eigenvalue weighted by Gasteiger charge is -2.15. The average molecular weight is 367 g/mol. The number of ether oxygens (including phenoxy) is 1. The van der Waals surface area contributed by atoms with Gasteiger partial charge in [-0.15, -0.1) is 11.3 Å². The molecule has 0 aliphatic heterocycles. The van der Waals surface area contributed by atoms with E-state index in [4.69, 9.17) is 4.74 Å². The first-order chi connectivity index (χ1) is 12.6. The highest BCUT2D eigenvalue weighted by Crippen LogP contribution is 2.16. The molecular formula is C19H17N3O3S. The van der Waals surface area contributed by atoms with Crippen molar-refractivity contribution in [3.8, 4) is 5.75 Å². The lowest BCUT2D eigenvalue weighted by Crippen LogP contribution is -2.30. The maximum Gasteiger partial charge on any atom is 0.265 e. The van der Waals surface area contributed by atoms with Crippen LogP contribution in [0.25, 0.3) is 0 Å². The van der Waals surface area contributed by atoms with Gasteiger partial charge in [0.05, 0.1) is 0 Å². The Labute approximate surface area is 154 Å². The van der Waals surface area contributed by atoms with E-state index in [2.05, 4.69) is 15.6 Å². The van der Waals surface area contributed by atoms with Crippen LogP contribution in [0.15, 0.2) is 66.2 Å². The number of thiazole rings is 1. The molecule has 26 heavy (non-hydrogen) atoms. The predicted molar refractivity (Wildman–Crippen MR) is 102 cm³/mol. The maximum atomic E-state index is 12.3. The summed E-state index contributed by atoms with van der Waals surface area (Å²) in [7, 11) is 0. The number of hydrogen-bond donors (Lipinski definition) is 2. The number of carbonyl (C=O) groups is 2. The van der Waals surface area contributed by atoms with E-state index in [1.807, 2.05) is 18.2 Å². The van der Waals surface area contributed by atoms with Gasteiger partial charge >= 0.3 is 0 Å². The third-order valence-corrected chi connectivity index (χ3v) is 4.16. The molecule has 0 radical (unpaired) electrons. The number of rotatable bonds is 6. The van der Waals surface area contributed by atoms with E-state index in [0.717, 1.165) is 0 Å². The zero-order chi connectivity index (χ0) is 18.4. The van der Waals surface area contributed by atoms with Gasteiger partial charge in [0.25, 0.3) is 11.8 Å². The molecule has 0 aliphatic rings. The topological polar surface area (TPSA) is 80.3 Å². The monoisotopic (exact) mass is 367 g/mol. The Balaban J connectivity index is 1.62. The highest BCUT2D eigenvalue weighted by Gasteiger charge is 2.16. The van der Waals surface area contributed by atoms with Gasteiger partial charge in [0, 0.05) is 22.8 Å². The SMILES string of the molecule is C[C@H](Oc1ccccc1)C(=O)Nc1cccc(C(=O)Nc2nccs2)c1. The van der Waals surface area contributed by atoms with E-state index in [1.54, 1.807) is 54.9 Å². The summed E-state index contributed by atoms with van der Waals surface area (Å²) in [4.78, 5) is 28.6. The molecule has 1 aromatic heterocycles. The lowest BCUT2D eigenvalue weighted by molar-refractivity contribution is -0.122. The first-order valence-electron chi connectivity index (χ1n) is 7.95. The van der Waals surface area contributed by atoms with Gasteiger partial charge in [-0.2, -0.15) is 0 Å². The van der Waals surface area contributed by atoms with Crippen molar-refractivity contribution in [1.29, 1.82) is 0 Å². The molecule has 0 spiro atoms. The smallest absolute Gasteiger partial charge is 0.265 e. The Kier molecular flexibility index (Phi) is 5.60. The van der Waals surface area contributed by atoms with Crippen LogP contribution in [-0.4, -0.2) is 22.9 Å². The van der Waals surface area contributed by atoms with Crippen molar-refractivity contribution in [2.45, 2.75) is 13.0 Å². The van der Waals surface area contributed by atoms with Crippen molar-refractivity contribution >= 4 is 34.0 Å². The molecule has 2 amide bonds. The maximum absolute atomic E-state index is 12.3. The molecule has 0 fully saturated rings. The molecule has 6 nitrogen and oxygen atoms in total. The van der Waals surface area contributed by atoms with Crippen molar-refractivity contribution < 1.29 is 14.3 Å². The van der Waals surface area contributed by atoms with Gasteiger partial charge in [-0.25, -0.2) is 4.98 Å². The second-order valence-electron chi connectivity index (χ2n) is 5.43. The minimum Gasteiger partial charge on any atom is -0.481 e. The Morgan fingerprint density at radius 3 is 2.62 bits per heavy atom. The number of amides is 2. The Morgan fingerprint density at radius 2 is 1.88 bits per heavy atom. The van der Waals surface area contributed by atoms with Crippen LogP contribution in [0.2, 0.25) is 0 Å². The van der Waals surface area contributed by atoms with Crippen LogP contribution < -0.4 is 15.4 Å². The largest absolute Gasteiger partial charge is 0.481 e. The number of nitrogens with zero attached hydrogens (tertiary/aromatic N) is 1. The van der Waals surface area contributed by atoms with Crippen molar-refractivity contribution in [2.24, 2.45) is 0 Å². The minimum absolute atomic E-state index is 0.287. The third kappa shape index (κ3) is 4.67. The minimum atomic E-state index is -0.676. The van der Waals surface area contributed by atoms with E-state index >= 15 is 0 Å². The molecule has 1 heterocycles. The lowest BCUT2D eigenvalue weighted by atomic mass is 10.2. The fraction of sp³-hybridized carbons (Fsp3) is 0.105. The van der Waals surface area contributed by atoms with Crippen molar-refractivity contribution in [3.05, 3.63) is 71.7 Å². The summed E-state index contributed by atoms with van der Waals surface area (Å²) < 4.78 is 5.60. The highest BCUT2D eigenvalue weighted by molar-refractivity contribution is 7.13. The molecule has 0 aliphatic carbocycles. The second kappa shape index (κ2) is 8.26. The number of nitrogens with one attached hydrogen (secondary N) is 2. The number of carbonyl (C=O) groups excluding carboxylic acids is 2. The Hall–Kier alpha value is -3.19. The predicted octanol–water partition coefficient (Wildman–Crippen LogP) is 3.80. The zero-order valence-corrected chi connectivity index (χ0v) is 14.8. The molecule has 0 unspecified atom stereocenters. The van der Waals surface area contributed by atoms with E-state index in [1.165, 1.54) is 11.3 Å². The molecule has 3 aromatic rings. The summed E-state index contributed by atoms with van der Waals surface area (Å²) in [6.07, 6.45) is 0.940. The van der Waals surface area contributed by atoms with Gasteiger partial charge < -0.3 is 10.1 Å². The zero-order valence-electron chi connectivity index (χ0n) is 14.0. The van der Waals surface area contributed by atoms with Gasteiger partial charge in [0.1, 0.15) is 5.75 Å². The average Bonchev–Trinajstić information content (AvgIpc) is 3.15. The molecule has 3 rings (SSSR count). The molecule has 2 N–H and O–H groups in total. The van der Waals surface area contributed by atoms with Crippen LogP contribution >= 0.6 is 11.3 Å². The fourth-order valence-electron chi connectivity index (χ4n) is 2.19. The first kappa shape index (κ1) is 17.6. The molecule has 0 saturated heterocycles. The molecule has 0 saturated carbocycles. The first-order valence-corrected chi connectivity index (χ1v) is 8.83.